The van der Waals surface area contributed by atoms with E-state index in [4.69, 9.17) is 9.57 Å². The van der Waals surface area contributed by atoms with Gasteiger partial charge in [-0.25, -0.2) is 9.36 Å². The normalized spacial score (nSPS) is 11.6. The van der Waals surface area contributed by atoms with Crippen LogP contribution in [-0.4, -0.2) is 42.8 Å². The molecule has 176 valence electrons. The lowest BCUT2D eigenvalue weighted by Crippen LogP contribution is -2.03. The van der Waals surface area contributed by atoms with Crippen molar-refractivity contribution in [1.82, 2.24) is 30.0 Å². The Hall–Kier alpha value is -4.01. The highest BCUT2D eigenvalue weighted by Gasteiger charge is 2.13. The Balaban J connectivity index is 1.37. The largest absolute Gasteiger partial charge is 0.497 e. The van der Waals surface area contributed by atoms with Crippen LogP contribution in [0.4, 0.5) is 0 Å². The summed E-state index contributed by atoms with van der Waals surface area (Å²) in [5.41, 5.74) is 6.03. The highest BCUT2D eigenvalue weighted by molar-refractivity contribution is 5.97. The number of aromatic nitrogens is 6. The minimum Gasteiger partial charge on any atom is -0.497 e. The first-order valence-electron chi connectivity index (χ1n) is 11.3. The fraction of sp³-hybridized carbons (Fsp3) is 0.320. The third-order valence-electron chi connectivity index (χ3n) is 5.53. The summed E-state index contributed by atoms with van der Waals surface area (Å²) in [5, 5.41) is 21.1. The summed E-state index contributed by atoms with van der Waals surface area (Å²) in [7, 11) is 1.64. The summed E-state index contributed by atoms with van der Waals surface area (Å²) in [6.07, 6.45) is 5.33. The van der Waals surface area contributed by atoms with E-state index in [9.17, 15) is 0 Å². The lowest BCUT2D eigenvalue weighted by molar-refractivity contribution is 0.127. The van der Waals surface area contributed by atoms with Gasteiger partial charge in [0.2, 0.25) is 0 Å². The lowest BCUT2D eigenvalue weighted by atomic mass is 10.1. The minimum atomic E-state index is 0.206. The zero-order valence-electron chi connectivity index (χ0n) is 20.0. The van der Waals surface area contributed by atoms with E-state index in [0.29, 0.717) is 17.1 Å². The number of aryl methyl sites for hydroxylation is 1. The van der Waals surface area contributed by atoms with Crippen LogP contribution in [0.15, 0.2) is 59.9 Å². The van der Waals surface area contributed by atoms with Crippen LogP contribution in [0.25, 0.3) is 11.4 Å². The van der Waals surface area contributed by atoms with E-state index >= 15 is 0 Å². The van der Waals surface area contributed by atoms with Gasteiger partial charge in [-0.05, 0) is 68.7 Å². The van der Waals surface area contributed by atoms with Gasteiger partial charge in [0.15, 0.2) is 6.61 Å². The van der Waals surface area contributed by atoms with Crippen LogP contribution in [-0.2, 0) is 17.9 Å². The predicted octanol–water partition coefficient (Wildman–Crippen LogP) is 4.45. The molecule has 2 heterocycles. The van der Waals surface area contributed by atoms with Crippen LogP contribution in [0, 0.1) is 6.92 Å². The number of rotatable bonds is 10. The third kappa shape index (κ3) is 5.31. The quantitative estimate of drug-likeness (QED) is 0.257. The van der Waals surface area contributed by atoms with Crippen molar-refractivity contribution < 1.29 is 9.57 Å². The Labute approximate surface area is 199 Å². The van der Waals surface area contributed by atoms with Crippen molar-refractivity contribution in [3.05, 3.63) is 77.4 Å². The molecular formula is C25H29N7O2. The van der Waals surface area contributed by atoms with Gasteiger partial charge in [0, 0.05) is 0 Å². The highest BCUT2D eigenvalue weighted by atomic mass is 16.6. The van der Waals surface area contributed by atoms with E-state index in [-0.39, 0.29) is 6.61 Å². The molecule has 0 saturated heterocycles. The molecule has 0 unspecified atom stereocenters. The summed E-state index contributed by atoms with van der Waals surface area (Å²) >= 11 is 0. The molecule has 2 aromatic carbocycles. The summed E-state index contributed by atoms with van der Waals surface area (Å²) in [6.45, 7) is 6.19. The number of oxime groups is 1. The maximum Gasteiger partial charge on any atom is 0.162 e. The molecule has 9 nitrogen and oxygen atoms in total. The standard InChI is InChI=1S/C25H29N7O2/c1-5-6-7-20-8-10-22(11-9-20)31-16-21(26-29-31)17-34-28-18(2)25-19(3)32(30-27-25)23-12-14-24(33-4)15-13-23/h8-16H,5-7,17H2,1-4H3. The Morgan fingerprint density at radius 1 is 0.971 bits per heavy atom. The molecule has 0 bridgehead atoms. The Kier molecular flexibility index (Phi) is 7.31. The Bertz CT molecular complexity index is 1240. The summed E-state index contributed by atoms with van der Waals surface area (Å²) in [6, 6.07) is 16.0. The fourth-order valence-electron chi connectivity index (χ4n) is 3.56. The van der Waals surface area contributed by atoms with Crippen molar-refractivity contribution in [3.8, 4) is 17.1 Å². The van der Waals surface area contributed by atoms with Gasteiger partial charge in [-0.1, -0.05) is 41.1 Å². The maximum atomic E-state index is 5.53. The fourth-order valence-corrected chi connectivity index (χ4v) is 3.56. The molecule has 0 N–H and O–H groups in total. The summed E-state index contributed by atoms with van der Waals surface area (Å²) in [5.74, 6) is 0.786. The summed E-state index contributed by atoms with van der Waals surface area (Å²) < 4.78 is 8.71. The zero-order chi connectivity index (χ0) is 23.9. The van der Waals surface area contributed by atoms with Gasteiger partial charge in [-0.15, -0.1) is 10.2 Å². The van der Waals surface area contributed by atoms with Crippen molar-refractivity contribution in [2.45, 2.75) is 46.6 Å². The first-order valence-corrected chi connectivity index (χ1v) is 11.3. The van der Waals surface area contributed by atoms with E-state index in [1.807, 2.05) is 44.3 Å². The number of ether oxygens (including phenoxy) is 1. The first kappa shape index (κ1) is 23.2. The van der Waals surface area contributed by atoms with Gasteiger partial charge < -0.3 is 9.57 Å². The predicted molar refractivity (Wildman–Crippen MR) is 130 cm³/mol. The van der Waals surface area contributed by atoms with Crippen molar-refractivity contribution in [1.29, 1.82) is 0 Å². The average molecular weight is 460 g/mol. The maximum absolute atomic E-state index is 5.53. The molecule has 0 aliphatic carbocycles. The van der Waals surface area contributed by atoms with Gasteiger partial charge in [-0.2, -0.15) is 0 Å². The Morgan fingerprint density at radius 2 is 1.71 bits per heavy atom. The molecule has 0 aliphatic heterocycles. The number of unbranched alkanes of at least 4 members (excludes halogenated alkanes) is 1. The van der Waals surface area contributed by atoms with Gasteiger partial charge >= 0.3 is 0 Å². The monoisotopic (exact) mass is 459 g/mol. The van der Waals surface area contributed by atoms with Crippen LogP contribution in [0.1, 0.15) is 49.3 Å². The van der Waals surface area contributed by atoms with Crippen molar-refractivity contribution in [2.75, 3.05) is 7.11 Å². The molecule has 9 heteroatoms. The van der Waals surface area contributed by atoms with Crippen molar-refractivity contribution in [3.63, 3.8) is 0 Å². The van der Waals surface area contributed by atoms with Gasteiger partial charge in [0.05, 0.1) is 30.4 Å². The molecule has 4 aromatic rings. The second-order valence-corrected chi connectivity index (χ2v) is 8.01. The lowest BCUT2D eigenvalue weighted by Gasteiger charge is -2.05. The van der Waals surface area contributed by atoms with Crippen LogP contribution >= 0.6 is 0 Å². The van der Waals surface area contributed by atoms with Crippen molar-refractivity contribution >= 4 is 5.71 Å². The van der Waals surface area contributed by atoms with E-state index in [0.717, 1.165) is 29.2 Å². The molecule has 0 fully saturated rings. The number of nitrogens with zero attached hydrogens (tertiary/aromatic N) is 7. The third-order valence-corrected chi connectivity index (χ3v) is 5.53. The highest BCUT2D eigenvalue weighted by Crippen LogP contribution is 2.17. The number of hydrogen-bond acceptors (Lipinski definition) is 7. The zero-order valence-corrected chi connectivity index (χ0v) is 20.0. The molecule has 0 spiro atoms. The minimum absolute atomic E-state index is 0.206. The molecule has 0 radical (unpaired) electrons. The second-order valence-electron chi connectivity index (χ2n) is 8.01. The molecule has 34 heavy (non-hydrogen) atoms. The first-order chi connectivity index (χ1) is 16.6. The van der Waals surface area contributed by atoms with Crippen LogP contribution < -0.4 is 4.74 Å². The Morgan fingerprint density at radius 3 is 2.41 bits per heavy atom. The topological polar surface area (TPSA) is 92.2 Å². The van der Waals surface area contributed by atoms with Crippen LogP contribution in [0.2, 0.25) is 0 Å². The van der Waals surface area contributed by atoms with Crippen molar-refractivity contribution in [2.24, 2.45) is 5.16 Å². The molecule has 2 aromatic heterocycles. The number of methoxy groups -OCH3 is 1. The second kappa shape index (κ2) is 10.7. The average Bonchev–Trinajstić information content (AvgIpc) is 3.50. The van der Waals surface area contributed by atoms with Gasteiger partial charge in [-0.3, -0.25) is 0 Å². The van der Waals surface area contributed by atoms with Crippen LogP contribution in [0.3, 0.4) is 0 Å². The summed E-state index contributed by atoms with van der Waals surface area (Å²) in [4.78, 5) is 5.53. The molecule has 0 amide bonds. The van der Waals surface area contributed by atoms with Gasteiger partial charge in [0.25, 0.3) is 0 Å². The number of benzene rings is 2. The van der Waals surface area contributed by atoms with Crippen LogP contribution in [0.5, 0.6) is 5.75 Å². The molecule has 0 atom stereocenters. The molecular weight excluding hydrogens is 430 g/mol. The van der Waals surface area contributed by atoms with E-state index in [1.165, 1.54) is 18.4 Å². The number of hydrogen-bond donors (Lipinski definition) is 0. The molecule has 0 aliphatic rings. The molecule has 4 rings (SSSR count). The smallest absolute Gasteiger partial charge is 0.162 e. The van der Waals surface area contributed by atoms with E-state index in [2.05, 4.69) is 57.0 Å². The van der Waals surface area contributed by atoms with Gasteiger partial charge in [0.1, 0.15) is 22.8 Å². The SMILES string of the molecule is CCCCc1ccc(-n2cc(CON=C(C)c3nnn(-c4ccc(OC)cc4)c3C)nn2)cc1. The molecule has 0 saturated carbocycles. The van der Waals surface area contributed by atoms with E-state index in [1.54, 1.807) is 16.5 Å². The van der Waals surface area contributed by atoms with E-state index < -0.39 is 0 Å².